The maximum Gasteiger partial charge on any atom is 0.188 e. The van der Waals surface area contributed by atoms with Crippen LogP contribution in [0.4, 0.5) is 0 Å². The Hall–Kier alpha value is -1.79. The Kier molecular flexibility index (Phi) is 11.6. The van der Waals surface area contributed by atoms with Crippen LogP contribution >= 0.6 is 63.7 Å². The van der Waals surface area contributed by atoms with Crippen LogP contribution in [-0.4, -0.2) is 51.6 Å². The largest absolute Gasteiger partial charge is 0.465 e. The van der Waals surface area contributed by atoms with Gasteiger partial charge in [-0.3, -0.25) is 9.69 Å². The quantitative estimate of drug-likeness (QED) is 0.152. The summed E-state index contributed by atoms with van der Waals surface area (Å²) < 4.78 is 24.4. The number of hydrogen-bond acceptors (Lipinski definition) is 6. The average molecular weight is 801 g/mol. The van der Waals surface area contributed by atoms with Crippen LogP contribution in [0.25, 0.3) is 12.2 Å². The third kappa shape index (κ3) is 8.15. The topological polar surface area (TPSA) is 57.2 Å². The number of Topliss-reactive ketones (excluding diaryl/α,β-unsaturated/α-hetero) is 1. The summed E-state index contributed by atoms with van der Waals surface area (Å²) in [5.41, 5.74) is 4.34. The molecule has 0 atom stereocenters. The molecule has 210 valence electrons. The van der Waals surface area contributed by atoms with Crippen molar-refractivity contribution in [2.24, 2.45) is 0 Å². The lowest BCUT2D eigenvalue weighted by molar-refractivity contribution is -0.113. The lowest BCUT2D eigenvalue weighted by Gasteiger charge is -2.30. The first-order valence-corrected chi connectivity index (χ1v) is 15.4. The molecular weight excluding hydrogens is 774 g/mol. The summed E-state index contributed by atoms with van der Waals surface area (Å²) in [7, 11) is 3.14. The second-order valence-corrected chi connectivity index (χ2v) is 12.4. The maximum absolute atomic E-state index is 13.8. The van der Waals surface area contributed by atoms with Crippen LogP contribution in [0.5, 0.6) is 11.5 Å². The monoisotopic (exact) mass is 797 g/mol. The first-order valence-electron chi connectivity index (χ1n) is 12.2. The summed E-state index contributed by atoms with van der Waals surface area (Å²) in [5, 5.41) is 0. The molecule has 10 heteroatoms. The van der Waals surface area contributed by atoms with E-state index in [1.54, 1.807) is 14.2 Å². The fraction of sp³-hybridized carbons (Fsp3) is 0.233. The Morgan fingerprint density at radius 2 is 1.15 bits per heavy atom. The molecule has 1 aliphatic heterocycles. The lowest BCUT2D eigenvalue weighted by Crippen LogP contribution is -2.37. The highest BCUT2D eigenvalue weighted by atomic mass is 79.9. The number of likely N-dealkylation sites (tertiary alicyclic amines) is 1. The number of nitrogens with zero attached hydrogens (tertiary/aromatic N) is 1. The molecule has 3 aromatic carbocycles. The highest BCUT2D eigenvalue weighted by Gasteiger charge is 2.27. The van der Waals surface area contributed by atoms with Crippen molar-refractivity contribution in [2.45, 2.75) is 6.54 Å². The first kappa shape index (κ1) is 31.2. The fourth-order valence-electron chi connectivity index (χ4n) is 4.30. The summed E-state index contributed by atoms with van der Waals surface area (Å²) >= 11 is 14.3. The normalized spacial score (nSPS) is 16.1. The fourth-order valence-corrected chi connectivity index (χ4v) is 7.20. The van der Waals surface area contributed by atoms with Crippen LogP contribution in [0.15, 0.2) is 83.6 Å². The van der Waals surface area contributed by atoms with Gasteiger partial charge in [-0.15, -0.1) is 0 Å². The Labute approximate surface area is 267 Å². The molecular formula is C30H27Br4NO5. The van der Waals surface area contributed by atoms with Crippen molar-refractivity contribution in [3.63, 3.8) is 0 Å². The third-order valence-electron chi connectivity index (χ3n) is 5.99. The third-order valence-corrected chi connectivity index (χ3v) is 8.34. The molecule has 0 aliphatic carbocycles. The van der Waals surface area contributed by atoms with Gasteiger partial charge < -0.3 is 18.9 Å². The minimum atomic E-state index is 0.0169. The first-order chi connectivity index (χ1) is 19.3. The van der Waals surface area contributed by atoms with Crippen molar-refractivity contribution < 1.29 is 23.7 Å². The second-order valence-electron chi connectivity index (χ2n) is 9.03. The molecule has 6 nitrogen and oxygen atoms in total. The Balaban J connectivity index is 1.70. The van der Waals surface area contributed by atoms with Crippen molar-refractivity contribution in [3.05, 3.63) is 100 Å². The molecule has 0 aromatic heterocycles. The van der Waals surface area contributed by atoms with Crippen molar-refractivity contribution in [1.29, 1.82) is 0 Å². The zero-order valence-corrected chi connectivity index (χ0v) is 28.2. The summed E-state index contributed by atoms with van der Waals surface area (Å²) in [6.07, 6.45) is 3.88. The van der Waals surface area contributed by atoms with Gasteiger partial charge in [-0.05, 0) is 117 Å². The van der Waals surface area contributed by atoms with Crippen LogP contribution in [0.1, 0.15) is 16.7 Å². The van der Waals surface area contributed by atoms with Gasteiger partial charge in [0.25, 0.3) is 0 Å². The smallest absolute Gasteiger partial charge is 0.188 e. The molecule has 4 rings (SSSR count). The molecule has 1 saturated heterocycles. The SMILES string of the molecule is COCOc1c(Br)cc(/C=C2\CN(Cc3ccccc3)C/C(=C\c3cc(Br)c(OCOC)c(Br)c3)C2=O)cc1Br. The van der Waals surface area contributed by atoms with Crippen LogP contribution in [0.2, 0.25) is 0 Å². The van der Waals surface area contributed by atoms with E-state index in [0.29, 0.717) is 35.7 Å². The van der Waals surface area contributed by atoms with Crippen molar-refractivity contribution in [1.82, 2.24) is 4.90 Å². The number of ketones is 1. The Morgan fingerprint density at radius 1 is 0.725 bits per heavy atom. The summed E-state index contributed by atoms with van der Waals surface area (Å²) in [6.45, 7) is 2.03. The Bertz CT molecular complexity index is 1290. The molecule has 0 N–H and O–H groups in total. The van der Waals surface area contributed by atoms with E-state index in [0.717, 1.165) is 35.6 Å². The second kappa shape index (κ2) is 14.9. The molecule has 1 heterocycles. The van der Waals surface area contributed by atoms with E-state index in [2.05, 4.69) is 80.8 Å². The number of ether oxygens (including phenoxy) is 4. The summed E-state index contributed by atoms with van der Waals surface area (Å²) in [6, 6.07) is 18.0. The van der Waals surface area contributed by atoms with E-state index in [-0.39, 0.29) is 19.4 Å². The van der Waals surface area contributed by atoms with Gasteiger partial charge in [0.1, 0.15) is 0 Å². The lowest BCUT2D eigenvalue weighted by atomic mass is 9.94. The molecule has 0 radical (unpaired) electrons. The van der Waals surface area contributed by atoms with Gasteiger partial charge in [0, 0.05) is 45.0 Å². The number of methoxy groups -OCH3 is 2. The van der Waals surface area contributed by atoms with E-state index in [4.69, 9.17) is 18.9 Å². The number of piperidine rings is 1. The number of halogens is 4. The van der Waals surface area contributed by atoms with Crippen LogP contribution < -0.4 is 9.47 Å². The van der Waals surface area contributed by atoms with E-state index < -0.39 is 0 Å². The molecule has 1 fully saturated rings. The van der Waals surface area contributed by atoms with E-state index in [1.165, 1.54) is 5.56 Å². The van der Waals surface area contributed by atoms with E-state index in [9.17, 15) is 4.79 Å². The molecule has 3 aromatic rings. The van der Waals surface area contributed by atoms with Crippen molar-refractivity contribution in [3.8, 4) is 11.5 Å². The predicted molar refractivity (Wildman–Crippen MR) is 171 cm³/mol. The highest BCUT2D eigenvalue weighted by Crippen LogP contribution is 2.37. The summed E-state index contributed by atoms with van der Waals surface area (Å²) in [4.78, 5) is 16.1. The zero-order chi connectivity index (χ0) is 28.6. The highest BCUT2D eigenvalue weighted by molar-refractivity contribution is 9.11. The number of carbonyl (C=O) groups excluding carboxylic acids is 1. The number of hydrogen-bond donors (Lipinski definition) is 0. The van der Waals surface area contributed by atoms with Gasteiger partial charge in [0.05, 0.1) is 17.9 Å². The standard InChI is InChI=1S/C30H27Br4NO5/c1-37-17-39-29-24(31)10-20(11-25(29)32)8-22-15-35(14-19-6-4-3-5-7-19)16-23(28(22)36)9-21-12-26(33)30(27(34)13-21)40-18-38-2/h3-13H,14-18H2,1-2H3/b22-8+,23-9+. The number of rotatable bonds is 10. The average Bonchev–Trinajstić information content (AvgIpc) is 2.91. The Morgan fingerprint density at radius 3 is 1.55 bits per heavy atom. The van der Waals surface area contributed by atoms with Gasteiger partial charge in [0.15, 0.2) is 30.9 Å². The van der Waals surface area contributed by atoms with Gasteiger partial charge in [-0.1, -0.05) is 30.3 Å². The number of carbonyl (C=O) groups is 1. The van der Waals surface area contributed by atoms with E-state index in [1.807, 2.05) is 54.6 Å². The molecule has 0 unspecified atom stereocenters. The van der Waals surface area contributed by atoms with Crippen molar-refractivity contribution >= 4 is 81.7 Å². The molecule has 0 amide bonds. The van der Waals surface area contributed by atoms with Gasteiger partial charge in [0.2, 0.25) is 0 Å². The zero-order valence-electron chi connectivity index (χ0n) is 21.9. The number of benzene rings is 3. The van der Waals surface area contributed by atoms with Crippen LogP contribution in [-0.2, 0) is 20.8 Å². The molecule has 0 bridgehead atoms. The maximum atomic E-state index is 13.8. The van der Waals surface area contributed by atoms with Crippen LogP contribution in [0.3, 0.4) is 0 Å². The molecule has 40 heavy (non-hydrogen) atoms. The van der Waals surface area contributed by atoms with Gasteiger partial charge in [-0.25, -0.2) is 0 Å². The molecule has 0 spiro atoms. The minimum Gasteiger partial charge on any atom is -0.465 e. The van der Waals surface area contributed by atoms with Gasteiger partial charge >= 0.3 is 0 Å². The predicted octanol–water partition coefficient (Wildman–Crippen LogP) is 8.25. The molecule has 1 aliphatic rings. The van der Waals surface area contributed by atoms with Gasteiger partial charge in [-0.2, -0.15) is 0 Å². The van der Waals surface area contributed by atoms with Crippen molar-refractivity contribution in [2.75, 3.05) is 40.9 Å². The van der Waals surface area contributed by atoms with Crippen LogP contribution in [0, 0.1) is 0 Å². The summed E-state index contributed by atoms with van der Waals surface area (Å²) in [5.74, 6) is 1.29. The van der Waals surface area contributed by atoms with E-state index >= 15 is 0 Å². The minimum absolute atomic E-state index is 0.0169. The molecule has 0 saturated carbocycles.